The molecule has 0 bridgehead atoms. The monoisotopic (exact) mass is 419 g/mol. The molecule has 2 unspecified atom stereocenters. The van der Waals surface area contributed by atoms with Crippen LogP contribution in [0.5, 0.6) is 5.75 Å². The molecule has 2 atom stereocenters. The van der Waals surface area contributed by atoms with Gasteiger partial charge in [0.25, 0.3) is 5.91 Å². The summed E-state index contributed by atoms with van der Waals surface area (Å²) in [5, 5.41) is 6.61. The number of likely N-dealkylation sites (tertiary alicyclic amines) is 1. The Kier molecular flexibility index (Phi) is 6.42. The quantitative estimate of drug-likeness (QED) is 0.695. The molecule has 2 heterocycles. The number of rotatable bonds is 5. The highest BCUT2D eigenvalue weighted by Gasteiger charge is 2.36. The summed E-state index contributed by atoms with van der Waals surface area (Å²) in [5.74, 6) is 0.859. The average Bonchev–Trinajstić information content (AvgIpc) is 3.20. The van der Waals surface area contributed by atoms with Gasteiger partial charge in [0.15, 0.2) is 0 Å². The van der Waals surface area contributed by atoms with Crippen LogP contribution >= 0.6 is 0 Å². The zero-order chi connectivity index (χ0) is 22.0. The van der Waals surface area contributed by atoms with Gasteiger partial charge in [0.05, 0.1) is 25.4 Å². The van der Waals surface area contributed by atoms with Gasteiger partial charge in [-0.05, 0) is 51.8 Å². The maximum absolute atomic E-state index is 13.5. The topological polar surface area (TPSA) is 45.1 Å². The average molecular weight is 420 g/mol. The van der Waals surface area contributed by atoms with E-state index < -0.39 is 0 Å². The molecule has 1 fully saturated rings. The third-order valence-electron chi connectivity index (χ3n) is 6.64. The molecule has 0 radical (unpaired) electrons. The Morgan fingerprint density at radius 3 is 2.71 bits per heavy atom. The first-order valence-electron chi connectivity index (χ1n) is 11.3. The SMILES string of the molecule is COc1ccccc1C1CC(c2ccc(C)cc2C)=NN1C(=O)CN1CCCCC1C. The molecule has 0 N–H and O–H groups in total. The molecule has 4 rings (SSSR count). The molecular formula is C26H33N3O2. The normalized spacial score (nSPS) is 21.8. The Morgan fingerprint density at radius 1 is 1.16 bits per heavy atom. The van der Waals surface area contributed by atoms with Crippen molar-refractivity contribution in [2.24, 2.45) is 5.10 Å². The minimum absolute atomic E-state index is 0.0596. The number of para-hydroxylation sites is 1. The second-order valence-corrected chi connectivity index (χ2v) is 8.88. The van der Waals surface area contributed by atoms with Crippen molar-refractivity contribution in [2.75, 3.05) is 20.2 Å². The lowest BCUT2D eigenvalue weighted by atomic mass is 9.95. The zero-order valence-electron chi connectivity index (χ0n) is 19.1. The van der Waals surface area contributed by atoms with Crippen molar-refractivity contribution in [3.63, 3.8) is 0 Å². The maximum atomic E-state index is 13.5. The van der Waals surface area contributed by atoms with E-state index in [-0.39, 0.29) is 11.9 Å². The van der Waals surface area contributed by atoms with E-state index in [2.05, 4.69) is 43.9 Å². The summed E-state index contributed by atoms with van der Waals surface area (Å²) in [6.07, 6.45) is 4.24. The lowest BCUT2D eigenvalue weighted by Crippen LogP contribution is -2.44. The Balaban J connectivity index is 1.67. The van der Waals surface area contributed by atoms with Crippen molar-refractivity contribution >= 4 is 11.6 Å². The number of hydrazone groups is 1. The Bertz CT molecular complexity index is 984. The summed E-state index contributed by atoms with van der Waals surface area (Å²) in [4.78, 5) is 15.8. The van der Waals surface area contributed by atoms with Crippen molar-refractivity contribution < 1.29 is 9.53 Å². The van der Waals surface area contributed by atoms with Gasteiger partial charge in [-0.25, -0.2) is 5.01 Å². The number of hydrogen-bond acceptors (Lipinski definition) is 4. The standard InChI is InChI=1S/C26H33N3O2/c1-18-12-13-21(19(2)15-18)23-16-24(22-10-5-6-11-25(22)31-4)29(27-23)26(30)17-28-14-8-7-9-20(28)3/h5-6,10-13,15,20,24H,7-9,14,16-17H2,1-4H3. The summed E-state index contributed by atoms with van der Waals surface area (Å²) in [6, 6.07) is 14.7. The molecule has 1 saturated heterocycles. The fourth-order valence-electron chi connectivity index (χ4n) is 4.86. The summed E-state index contributed by atoms with van der Waals surface area (Å²) >= 11 is 0. The number of nitrogens with zero attached hydrogens (tertiary/aromatic N) is 3. The van der Waals surface area contributed by atoms with Crippen LogP contribution in [-0.4, -0.2) is 47.8 Å². The predicted molar refractivity (Wildman–Crippen MR) is 125 cm³/mol. The number of aryl methyl sites for hydroxylation is 2. The largest absolute Gasteiger partial charge is 0.496 e. The predicted octanol–water partition coefficient (Wildman–Crippen LogP) is 4.86. The van der Waals surface area contributed by atoms with Crippen LogP contribution in [0.1, 0.15) is 60.9 Å². The highest BCUT2D eigenvalue weighted by molar-refractivity contribution is 6.04. The molecule has 0 aliphatic carbocycles. The third-order valence-corrected chi connectivity index (χ3v) is 6.64. The smallest absolute Gasteiger partial charge is 0.257 e. The van der Waals surface area contributed by atoms with Crippen molar-refractivity contribution in [3.05, 3.63) is 64.7 Å². The van der Waals surface area contributed by atoms with Gasteiger partial charge in [-0.1, -0.05) is 48.4 Å². The first-order chi connectivity index (χ1) is 15.0. The molecular weight excluding hydrogens is 386 g/mol. The molecule has 2 aliphatic heterocycles. The number of benzene rings is 2. The number of piperidine rings is 1. The third kappa shape index (κ3) is 4.52. The number of hydrogen-bond donors (Lipinski definition) is 0. The Morgan fingerprint density at radius 2 is 1.97 bits per heavy atom. The highest BCUT2D eigenvalue weighted by atomic mass is 16.5. The molecule has 5 heteroatoms. The number of methoxy groups -OCH3 is 1. The van der Waals surface area contributed by atoms with Crippen molar-refractivity contribution in [3.8, 4) is 5.75 Å². The fraction of sp³-hybridized carbons (Fsp3) is 0.462. The number of carbonyl (C=O) groups is 1. The van der Waals surface area contributed by atoms with E-state index in [0.717, 1.165) is 42.0 Å². The maximum Gasteiger partial charge on any atom is 0.257 e. The number of carbonyl (C=O) groups excluding carboxylic acids is 1. The van der Waals surface area contributed by atoms with Crippen LogP contribution in [0.25, 0.3) is 0 Å². The zero-order valence-corrected chi connectivity index (χ0v) is 19.1. The molecule has 164 valence electrons. The van der Waals surface area contributed by atoms with Gasteiger partial charge >= 0.3 is 0 Å². The summed E-state index contributed by atoms with van der Waals surface area (Å²) in [6.45, 7) is 7.83. The van der Waals surface area contributed by atoms with E-state index in [9.17, 15) is 4.79 Å². The van der Waals surface area contributed by atoms with E-state index in [1.54, 1.807) is 12.1 Å². The van der Waals surface area contributed by atoms with Crippen LogP contribution in [0.2, 0.25) is 0 Å². The molecule has 0 saturated carbocycles. The lowest BCUT2D eigenvalue weighted by molar-refractivity contribution is -0.135. The summed E-state index contributed by atoms with van der Waals surface area (Å²) in [5.41, 5.74) is 5.51. The summed E-state index contributed by atoms with van der Waals surface area (Å²) in [7, 11) is 1.68. The van der Waals surface area contributed by atoms with E-state index in [4.69, 9.17) is 9.84 Å². The van der Waals surface area contributed by atoms with Gasteiger partial charge in [0.2, 0.25) is 0 Å². The van der Waals surface area contributed by atoms with Crippen LogP contribution in [0, 0.1) is 13.8 Å². The van der Waals surface area contributed by atoms with E-state index >= 15 is 0 Å². The van der Waals surface area contributed by atoms with Gasteiger partial charge in [-0.15, -0.1) is 0 Å². The summed E-state index contributed by atoms with van der Waals surface area (Å²) < 4.78 is 5.63. The molecule has 5 nitrogen and oxygen atoms in total. The van der Waals surface area contributed by atoms with Crippen LogP contribution in [0.15, 0.2) is 47.6 Å². The Hall–Kier alpha value is -2.66. The Labute approximate surface area is 185 Å². The number of ether oxygens (including phenoxy) is 1. The van der Waals surface area contributed by atoms with Gasteiger partial charge in [0, 0.05) is 23.6 Å². The van der Waals surface area contributed by atoms with Gasteiger partial charge < -0.3 is 4.74 Å². The van der Waals surface area contributed by atoms with Crippen molar-refractivity contribution in [2.45, 2.75) is 58.5 Å². The van der Waals surface area contributed by atoms with E-state index in [1.807, 2.05) is 24.3 Å². The van der Waals surface area contributed by atoms with Crippen LogP contribution in [0.3, 0.4) is 0 Å². The number of amides is 1. The van der Waals surface area contributed by atoms with Crippen LogP contribution in [0.4, 0.5) is 0 Å². The fourth-order valence-corrected chi connectivity index (χ4v) is 4.86. The second kappa shape index (κ2) is 9.23. The van der Waals surface area contributed by atoms with Gasteiger partial charge in [0.1, 0.15) is 5.75 Å². The van der Waals surface area contributed by atoms with E-state index in [1.165, 1.54) is 17.5 Å². The van der Waals surface area contributed by atoms with Crippen molar-refractivity contribution in [1.29, 1.82) is 0 Å². The van der Waals surface area contributed by atoms with E-state index in [0.29, 0.717) is 19.0 Å². The highest BCUT2D eigenvalue weighted by Crippen LogP contribution is 2.38. The molecule has 2 aromatic rings. The first kappa shape index (κ1) is 21.6. The molecule has 2 aliphatic rings. The van der Waals surface area contributed by atoms with Gasteiger partial charge in [-0.3, -0.25) is 9.69 Å². The van der Waals surface area contributed by atoms with Crippen molar-refractivity contribution in [1.82, 2.24) is 9.91 Å². The minimum Gasteiger partial charge on any atom is -0.496 e. The molecule has 0 aromatic heterocycles. The van der Waals surface area contributed by atoms with Gasteiger partial charge in [-0.2, -0.15) is 5.10 Å². The van der Waals surface area contributed by atoms with Crippen LogP contribution < -0.4 is 4.74 Å². The lowest BCUT2D eigenvalue weighted by Gasteiger charge is -2.34. The molecule has 31 heavy (non-hydrogen) atoms. The first-order valence-corrected chi connectivity index (χ1v) is 11.3. The second-order valence-electron chi connectivity index (χ2n) is 8.88. The molecule has 0 spiro atoms. The van der Waals surface area contributed by atoms with Crippen LogP contribution in [-0.2, 0) is 4.79 Å². The molecule has 1 amide bonds. The molecule has 2 aromatic carbocycles. The minimum atomic E-state index is -0.153.